The van der Waals surface area contributed by atoms with E-state index in [1.807, 2.05) is 116 Å². The number of hydrogen-bond acceptors (Lipinski definition) is 12. The first kappa shape index (κ1) is 63.0. The Morgan fingerprint density at radius 1 is 0.671 bits per heavy atom. The van der Waals surface area contributed by atoms with Crippen molar-refractivity contribution in [2.45, 2.75) is 141 Å². The van der Waals surface area contributed by atoms with Crippen LogP contribution in [0.5, 0.6) is 23.0 Å². The van der Waals surface area contributed by atoms with Crippen LogP contribution in [-0.4, -0.2) is 110 Å². The van der Waals surface area contributed by atoms with Crippen molar-refractivity contribution in [1.82, 2.24) is 15.5 Å². The van der Waals surface area contributed by atoms with Crippen molar-refractivity contribution in [3.05, 3.63) is 119 Å². The molecule has 7 N–H and O–H groups in total. The lowest BCUT2D eigenvalue weighted by molar-refractivity contribution is -0.138. The standard InChI is InChI=1S/C28H40N2O4.C24H33NO3.C9H17NO4/c1-22-11-3-5-14-25(22)34-26-15-6-4-13-24(26)28(32,17-7-8-20-33-2)23-12-10-19-30(21-23)27(31)16-9-18-29;1-19-10-3-5-13-22(19)28-23-14-6-4-12-21(23)24(26,15-7-8-17-27-2)20-11-9-16-25-18-20;1-9(2,3)14-8(13)10-6-4-5-7(11)12/h3-6,11,13-15,23,32H,7-10,12,16-21,29H2,1-2H3;3-6,10,12-14,20,25-26H,7-9,11,15-18H2,1-2H3;4-6H2,1-3H3,(H,10,13)(H,11,12)/t23-,28?;20-,24?;/m11./s1. The third-order valence-electron chi connectivity index (χ3n) is 13.9. The number of alkyl carbamates (subject to hydrolysis) is 1. The summed E-state index contributed by atoms with van der Waals surface area (Å²) in [7, 11) is 3.42. The molecular weight excluding hydrogens is 965 g/mol. The molecule has 420 valence electrons. The first-order chi connectivity index (χ1) is 36.4. The molecule has 2 unspecified atom stereocenters. The molecule has 0 aliphatic carbocycles. The number of carbonyl (C=O) groups excluding carboxylic acids is 2. The zero-order valence-electron chi connectivity index (χ0n) is 46.6. The molecular formula is C61H90N4O11. The minimum absolute atomic E-state index is 0.0514. The number of unbranched alkanes of at least 4 members (excludes halogenated alkanes) is 2. The van der Waals surface area contributed by atoms with Crippen LogP contribution < -0.4 is 25.8 Å². The number of amides is 2. The molecule has 6 rings (SSSR count). The van der Waals surface area contributed by atoms with E-state index in [-0.39, 0.29) is 24.2 Å². The minimum Gasteiger partial charge on any atom is -0.481 e. The number of benzene rings is 4. The highest BCUT2D eigenvalue weighted by Gasteiger charge is 2.43. The molecule has 2 fully saturated rings. The van der Waals surface area contributed by atoms with Gasteiger partial charge in [0.2, 0.25) is 5.91 Å². The second-order valence-corrected chi connectivity index (χ2v) is 21.0. The molecule has 2 saturated heterocycles. The fourth-order valence-corrected chi connectivity index (χ4v) is 9.81. The van der Waals surface area contributed by atoms with Gasteiger partial charge in [0.25, 0.3) is 0 Å². The van der Waals surface area contributed by atoms with Crippen LogP contribution in [0.3, 0.4) is 0 Å². The fourth-order valence-electron chi connectivity index (χ4n) is 9.81. The highest BCUT2D eigenvalue weighted by Crippen LogP contribution is 2.46. The van der Waals surface area contributed by atoms with Crippen molar-refractivity contribution in [2.75, 3.05) is 66.7 Å². The number of likely N-dealkylation sites (tertiary alicyclic amines) is 1. The lowest BCUT2D eigenvalue weighted by atomic mass is 9.73. The molecule has 0 spiro atoms. The lowest BCUT2D eigenvalue weighted by Crippen LogP contribution is -2.48. The Hall–Kier alpha value is -5.55. The summed E-state index contributed by atoms with van der Waals surface area (Å²) < 4.78 is 28.0. The molecule has 15 nitrogen and oxygen atoms in total. The topological polar surface area (TPSA) is 211 Å². The summed E-state index contributed by atoms with van der Waals surface area (Å²) >= 11 is 0. The zero-order chi connectivity index (χ0) is 55.4. The lowest BCUT2D eigenvalue weighted by Gasteiger charge is -2.43. The highest BCUT2D eigenvalue weighted by atomic mass is 16.6. The average Bonchev–Trinajstić information content (AvgIpc) is 3.41. The second-order valence-electron chi connectivity index (χ2n) is 21.0. The summed E-state index contributed by atoms with van der Waals surface area (Å²) in [5, 5.41) is 38.6. The number of carbonyl (C=O) groups is 3. The molecule has 0 aromatic heterocycles. The number of ether oxygens (including phenoxy) is 5. The van der Waals surface area contributed by atoms with E-state index in [4.69, 9.17) is 34.5 Å². The predicted octanol–water partition coefficient (Wildman–Crippen LogP) is 10.9. The van der Waals surface area contributed by atoms with Crippen LogP contribution in [0.2, 0.25) is 0 Å². The Kier molecular flexibility index (Phi) is 27.3. The second kappa shape index (κ2) is 32.9. The van der Waals surface area contributed by atoms with Gasteiger partial charge in [0.15, 0.2) is 0 Å². The number of para-hydroxylation sites is 4. The summed E-state index contributed by atoms with van der Waals surface area (Å²) in [5.74, 6) is 2.38. The van der Waals surface area contributed by atoms with Gasteiger partial charge in [0.05, 0.1) is 11.2 Å². The van der Waals surface area contributed by atoms with Crippen molar-refractivity contribution in [3.8, 4) is 23.0 Å². The van der Waals surface area contributed by atoms with Crippen molar-refractivity contribution in [2.24, 2.45) is 17.6 Å². The van der Waals surface area contributed by atoms with Gasteiger partial charge in [-0.3, -0.25) is 9.59 Å². The van der Waals surface area contributed by atoms with E-state index in [9.17, 15) is 24.6 Å². The summed E-state index contributed by atoms with van der Waals surface area (Å²) in [4.78, 5) is 35.8. The Bertz CT molecular complexity index is 2340. The van der Waals surface area contributed by atoms with Crippen LogP contribution in [0, 0.1) is 25.7 Å². The van der Waals surface area contributed by atoms with E-state index in [0.29, 0.717) is 64.1 Å². The third-order valence-corrected chi connectivity index (χ3v) is 13.9. The van der Waals surface area contributed by atoms with E-state index in [1.54, 1.807) is 35.0 Å². The van der Waals surface area contributed by atoms with E-state index in [1.165, 1.54) is 0 Å². The van der Waals surface area contributed by atoms with E-state index in [2.05, 4.69) is 10.6 Å². The van der Waals surface area contributed by atoms with Gasteiger partial charge in [-0.15, -0.1) is 0 Å². The summed E-state index contributed by atoms with van der Waals surface area (Å²) in [6, 6.07) is 31.7. The van der Waals surface area contributed by atoms with E-state index < -0.39 is 28.9 Å². The van der Waals surface area contributed by atoms with Crippen molar-refractivity contribution >= 4 is 18.0 Å². The van der Waals surface area contributed by atoms with Crippen molar-refractivity contribution < 1.29 is 53.4 Å². The number of nitrogens with two attached hydrogens (primary N) is 1. The molecule has 2 amide bonds. The number of aliphatic hydroxyl groups is 2. The van der Waals surface area contributed by atoms with E-state index >= 15 is 0 Å². The highest BCUT2D eigenvalue weighted by molar-refractivity contribution is 5.76. The smallest absolute Gasteiger partial charge is 0.407 e. The Morgan fingerprint density at radius 3 is 1.64 bits per heavy atom. The largest absolute Gasteiger partial charge is 0.481 e. The van der Waals surface area contributed by atoms with Crippen LogP contribution in [0.25, 0.3) is 0 Å². The maximum Gasteiger partial charge on any atom is 0.407 e. The molecule has 15 heteroatoms. The molecule has 2 aliphatic rings. The molecule has 0 radical (unpaired) electrons. The van der Waals surface area contributed by atoms with Gasteiger partial charge in [-0.2, -0.15) is 0 Å². The quantitative estimate of drug-likeness (QED) is 0.0342. The monoisotopic (exact) mass is 1050 g/mol. The van der Waals surface area contributed by atoms with Crippen molar-refractivity contribution in [1.29, 1.82) is 0 Å². The van der Waals surface area contributed by atoms with Gasteiger partial charge in [-0.1, -0.05) is 72.8 Å². The summed E-state index contributed by atoms with van der Waals surface area (Å²) in [5.41, 5.74) is 6.87. The average molecular weight is 1060 g/mol. The number of nitrogens with zero attached hydrogens (tertiary/aromatic N) is 1. The maximum atomic E-state index is 12.8. The van der Waals surface area contributed by atoms with Crippen LogP contribution in [0.4, 0.5) is 4.79 Å². The minimum atomic E-state index is -1.11. The van der Waals surface area contributed by atoms with Crippen molar-refractivity contribution in [3.63, 3.8) is 0 Å². The number of carboxylic acid groups (broad SMARTS) is 1. The molecule has 0 saturated carbocycles. The molecule has 4 aromatic rings. The number of rotatable bonds is 25. The number of piperidine rings is 2. The normalized spacial score (nSPS) is 17.1. The van der Waals surface area contributed by atoms with Gasteiger partial charge in [-0.05, 0) is 160 Å². The van der Waals surface area contributed by atoms with Crippen LogP contribution in [0.15, 0.2) is 97.1 Å². The third kappa shape index (κ3) is 20.8. The molecule has 4 aromatic carbocycles. The Morgan fingerprint density at radius 2 is 1.17 bits per heavy atom. The summed E-state index contributed by atoms with van der Waals surface area (Å²) in [6.45, 7) is 14.7. The number of hydrogen-bond donors (Lipinski definition) is 6. The van der Waals surface area contributed by atoms with Crippen LogP contribution >= 0.6 is 0 Å². The SMILES string of the molecule is CC(C)(C)OC(=O)NCCCC(=O)O.COCCCCC(O)(c1ccccc1Oc1ccccc1C)[C@@H]1CCCN(C(=O)CCCN)C1.COCCCCC(O)(c1ccccc1Oc1ccccc1C)[C@@H]1CCCNC1. The first-order valence-corrected chi connectivity index (χ1v) is 27.4. The van der Waals surface area contributed by atoms with Crippen LogP contribution in [-0.2, 0) is 35.0 Å². The first-order valence-electron chi connectivity index (χ1n) is 27.4. The number of nitrogens with one attached hydrogen (secondary N) is 2. The predicted molar refractivity (Wildman–Crippen MR) is 299 cm³/mol. The van der Waals surface area contributed by atoms with E-state index in [0.717, 1.165) is 117 Å². The Balaban J connectivity index is 0.000000267. The number of methoxy groups -OCH3 is 2. The number of aryl methyl sites for hydroxylation is 2. The maximum absolute atomic E-state index is 12.8. The van der Waals surface area contributed by atoms with Crippen LogP contribution in [0.1, 0.15) is 133 Å². The molecule has 2 aliphatic heterocycles. The fraction of sp³-hybridized carbons (Fsp3) is 0.557. The number of aliphatic carboxylic acids is 1. The molecule has 4 atom stereocenters. The number of carboxylic acids is 1. The van der Waals surface area contributed by atoms with Gasteiger partial charge < -0.3 is 60.3 Å². The molecule has 0 bridgehead atoms. The van der Waals surface area contributed by atoms with Gasteiger partial charge in [-0.25, -0.2) is 4.79 Å². The Labute approximate surface area is 453 Å². The molecule has 2 heterocycles. The summed E-state index contributed by atoms with van der Waals surface area (Å²) in [6.07, 6.45) is 9.78. The zero-order valence-corrected chi connectivity index (χ0v) is 46.6. The van der Waals surface area contributed by atoms with Gasteiger partial charge in [0, 0.05) is 89.4 Å². The molecule has 76 heavy (non-hydrogen) atoms. The van der Waals surface area contributed by atoms with Gasteiger partial charge in [0.1, 0.15) is 28.6 Å². The van der Waals surface area contributed by atoms with Gasteiger partial charge >= 0.3 is 12.1 Å².